The highest BCUT2D eigenvalue weighted by Crippen LogP contribution is 2.45. The van der Waals surface area contributed by atoms with Crippen molar-refractivity contribution in [3.05, 3.63) is 58.9 Å². The van der Waals surface area contributed by atoms with E-state index in [9.17, 15) is 15.0 Å². The number of carbonyl (C=O) groups excluding carboxylic acids is 1. The zero-order valence-corrected chi connectivity index (χ0v) is 23.0. The lowest BCUT2D eigenvalue weighted by atomic mass is 9.71. The van der Waals surface area contributed by atoms with Crippen molar-refractivity contribution in [1.29, 1.82) is 0 Å². The number of aliphatic hydroxyl groups excluding tert-OH is 1. The summed E-state index contributed by atoms with van der Waals surface area (Å²) >= 11 is 0. The molecule has 1 saturated heterocycles. The number of rotatable bonds is 9. The summed E-state index contributed by atoms with van der Waals surface area (Å²) in [5.41, 5.74) is 8.49. The number of benzene rings is 2. The van der Waals surface area contributed by atoms with Gasteiger partial charge in [-0.2, -0.15) is 0 Å². The molecule has 2 aromatic rings. The predicted octanol–water partition coefficient (Wildman–Crippen LogP) is 4.45. The average Bonchev–Trinajstić information content (AvgIpc) is 3.23. The molecule has 1 saturated carbocycles. The summed E-state index contributed by atoms with van der Waals surface area (Å²) < 4.78 is 20.8. The lowest BCUT2D eigenvalue weighted by molar-refractivity contribution is -0.141. The van der Waals surface area contributed by atoms with Crippen LogP contribution >= 0.6 is 0 Å². The number of aryl methyl sites for hydroxylation is 2. The third kappa shape index (κ3) is 6.12. The second kappa shape index (κ2) is 12.2. The molecule has 7 heteroatoms. The summed E-state index contributed by atoms with van der Waals surface area (Å²) in [5.74, 6) is -0.916. The Morgan fingerprint density at radius 3 is 2.58 bits per heavy atom. The van der Waals surface area contributed by atoms with Crippen molar-refractivity contribution in [1.82, 2.24) is 4.90 Å². The Bertz CT molecular complexity index is 1090. The molecule has 208 valence electrons. The van der Waals surface area contributed by atoms with Gasteiger partial charge in [-0.3, -0.25) is 4.79 Å². The highest BCUT2D eigenvalue weighted by molar-refractivity contribution is 5.79. The van der Waals surface area contributed by atoms with Gasteiger partial charge in [-0.15, -0.1) is 0 Å². The van der Waals surface area contributed by atoms with E-state index < -0.39 is 11.7 Å². The van der Waals surface area contributed by atoms with E-state index in [4.69, 9.17) is 10.5 Å². The standard InChI is InChI=1S/C31H43FN2O4/c1-20-14-21(2)16-22(15-20)29-25(9-6-10-26(29)32)31(37,11-4-5-13-38-3)24-8-7-12-34(19-24)30(36)23-17-27(33)28(35)18-23/h6,9-10,14-16,23-24,27-28,35,37H,4-5,7-8,11-13,17-19,33H2,1-3H3. The molecule has 4 N–H and O–H groups in total. The first-order chi connectivity index (χ1) is 18.1. The van der Waals surface area contributed by atoms with Gasteiger partial charge < -0.3 is 25.6 Å². The van der Waals surface area contributed by atoms with Gasteiger partial charge in [0.25, 0.3) is 0 Å². The number of piperidine rings is 1. The quantitative estimate of drug-likeness (QED) is 0.420. The fraction of sp³-hybridized carbons (Fsp3) is 0.581. The van der Waals surface area contributed by atoms with E-state index in [-0.39, 0.29) is 29.6 Å². The second-order valence-corrected chi connectivity index (χ2v) is 11.4. The minimum absolute atomic E-state index is 0.00259. The number of hydrogen-bond donors (Lipinski definition) is 3. The largest absolute Gasteiger partial charge is 0.391 e. The minimum Gasteiger partial charge on any atom is -0.391 e. The zero-order valence-electron chi connectivity index (χ0n) is 23.0. The number of likely N-dealkylation sites (tertiary alicyclic amines) is 1. The van der Waals surface area contributed by atoms with Crippen LogP contribution in [0.15, 0.2) is 36.4 Å². The molecule has 1 heterocycles. The molecule has 6 nitrogen and oxygen atoms in total. The molecule has 0 spiro atoms. The topological polar surface area (TPSA) is 96.0 Å². The number of methoxy groups -OCH3 is 1. The van der Waals surface area contributed by atoms with E-state index >= 15 is 4.39 Å². The van der Waals surface area contributed by atoms with Crippen LogP contribution in [0.25, 0.3) is 11.1 Å². The Morgan fingerprint density at radius 2 is 1.92 bits per heavy atom. The normalized spacial score (nSPS) is 25.4. The molecule has 5 unspecified atom stereocenters. The van der Waals surface area contributed by atoms with Crippen LogP contribution in [-0.2, 0) is 15.1 Å². The molecule has 1 aliphatic heterocycles. The number of hydrogen-bond acceptors (Lipinski definition) is 5. The van der Waals surface area contributed by atoms with Crippen LogP contribution in [0.1, 0.15) is 61.6 Å². The molecular weight excluding hydrogens is 483 g/mol. The van der Waals surface area contributed by atoms with Gasteiger partial charge in [0.05, 0.1) is 11.7 Å². The SMILES string of the molecule is COCCCCC(O)(c1cccc(F)c1-c1cc(C)cc(C)c1)C1CCCN(C(=O)C2CC(N)C(O)C2)C1. The van der Waals surface area contributed by atoms with Crippen LogP contribution in [0.5, 0.6) is 0 Å². The van der Waals surface area contributed by atoms with E-state index in [1.807, 2.05) is 36.9 Å². The Balaban J connectivity index is 1.70. The number of nitrogens with zero attached hydrogens (tertiary/aromatic N) is 1. The fourth-order valence-electron chi connectivity index (χ4n) is 6.57. The van der Waals surface area contributed by atoms with Crippen LogP contribution in [0.4, 0.5) is 4.39 Å². The molecule has 0 radical (unpaired) electrons. The van der Waals surface area contributed by atoms with E-state index in [0.29, 0.717) is 56.5 Å². The van der Waals surface area contributed by atoms with E-state index in [1.54, 1.807) is 13.2 Å². The molecular formula is C31H43FN2O4. The van der Waals surface area contributed by atoms with Gasteiger partial charge in [-0.05, 0) is 76.0 Å². The molecule has 0 bridgehead atoms. The van der Waals surface area contributed by atoms with Crippen molar-refractivity contribution >= 4 is 5.91 Å². The lowest BCUT2D eigenvalue weighted by Crippen LogP contribution is -2.49. The van der Waals surface area contributed by atoms with Crippen LogP contribution < -0.4 is 5.73 Å². The zero-order chi connectivity index (χ0) is 27.4. The monoisotopic (exact) mass is 526 g/mol. The highest BCUT2D eigenvalue weighted by atomic mass is 19.1. The maximum atomic E-state index is 15.6. The summed E-state index contributed by atoms with van der Waals surface area (Å²) in [6.07, 6.45) is 3.62. The smallest absolute Gasteiger partial charge is 0.225 e. The summed E-state index contributed by atoms with van der Waals surface area (Å²) in [6, 6.07) is 10.6. The predicted molar refractivity (Wildman–Crippen MR) is 147 cm³/mol. The first-order valence-corrected chi connectivity index (χ1v) is 14.0. The van der Waals surface area contributed by atoms with Gasteiger partial charge in [0.2, 0.25) is 5.91 Å². The fourth-order valence-corrected chi connectivity index (χ4v) is 6.57. The number of carbonyl (C=O) groups is 1. The Kier molecular flexibility index (Phi) is 9.24. The number of halogens is 1. The molecule has 2 aromatic carbocycles. The third-order valence-electron chi connectivity index (χ3n) is 8.48. The molecule has 5 atom stereocenters. The van der Waals surface area contributed by atoms with Crippen LogP contribution in [0.3, 0.4) is 0 Å². The van der Waals surface area contributed by atoms with Crippen molar-refractivity contribution in [2.75, 3.05) is 26.8 Å². The molecule has 38 heavy (non-hydrogen) atoms. The van der Waals surface area contributed by atoms with Crippen molar-refractivity contribution in [3.8, 4) is 11.1 Å². The van der Waals surface area contributed by atoms with Crippen molar-refractivity contribution < 1.29 is 24.1 Å². The molecule has 1 amide bonds. The van der Waals surface area contributed by atoms with Crippen LogP contribution in [0.2, 0.25) is 0 Å². The van der Waals surface area contributed by atoms with E-state index in [0.717, 1.165) is 36.0 Å². The van der Waals surface area contributed by atoms with Crippen LogP contribution in [0, 0.1) is 31.5 Å². The molecule has 2 aliphatic rings. The summed E-state index contributed by atoms with van der Waals surface area (Å²) in [6.45, 7) is 5.58. The first-order valence-electron chi connectivity index (χ1n) is 14.0. The highest BCUT2D eigenvalue weighted by Gasteiger charge is 2.44. The van der Waals surface area contributed by atoms with E-state index in [2.05, 4.69) is 6.07 Å². The van der Waals surface area contributed by atoms with Gasteiger partial charge in [0.1, 0.15) is 5.82 Å². The summed E-state index contributed by atoms with van der Waals surface area (Å²) in [5, 5.41) is 22.7. The van der Waals surface area contributed by atoms with Gasteiger partial charge in [-0.1, -0.05) is 41.5 Å². The van der Waals surface area contributed by atoms with Gasteiger partial charge in [0.15, 0.2) is 0 Å². The van der Waals surface area contributed by atoms with Crippen molar-refractivity contribution in [2.24, 2.45) is 17.6 Å². The molecule has 1 aliphatic carbocycles. The number of nitrogens with two attached hydrogens (primary N) is 1. The summed E-state index contributed by atoms with van der Waals surface area (Å²) in [4.78, 5) is 15.3. The van der Waals surface area contributed by atoms with Crippen molar-refractivity contribution in [2.45, 2.75) is 76.5 Å². The summed E-state index contributed by atoms with van der Waals surface area (Å²) in [7, 11) is 1.66. The Morgan fingerprint density at radius 1 is 1.18 bits per heavy atom. The number of amides is 1. The molecule has 0 aromatic heterocycles. The number of unbranched alkanes of at least 4 members (excludes halogenated alkanes) is 1. The molecule has 2 fully saturated rings. The first kappa shape index (κ1) is 28.7. The maximum absolute atomic E-state index is 15.6. The van der Waals surface area contributed by atoms with Gasteiger partial charge in [0, 0.05) is 50.2 Å². The lowest BCUT2D eigenvalue weighted by Gasteiger charge is -2.44. The Hall–Kier alpha value is -2.32. The van der Waals surface area contributed by atoms with Gasteiger partial charge in [-0.25, -0.2) is 4.39 Å². The number of aliphatic hydroxyl groups is 2. The maximum Gasteiger partial charge on any atom is 0.225 e. The third-order valence-corrected chi connectivity index (χ3v) is 8.48. The number of ether oxygens (including phenoxy) is 1. The Labute approximate surface area is 226 Å². The second-order valence-electron chi connectivity index (χ2n) is 11.4. The van der Waals surface area contributed by atoms with Crippen LogP contribution in [-0.4, -0.2) is 60.0 Å². The minimum atomic E-state index is -1.33. The molecule has 4 rings (SSSR count). The van der Waals surface area contributed by atoms with E-state index in [1.165, 1.54) is 6.07 Å². The van der Waals surface area contributed by atoms with Gasteiger partial charge >= 0.3 is 0 Å². The average molecular weight is 527 g/mol. The van der Waals surface area contributed by atoms with Crippen molar-refractivity contribution in [3.63, 3.8) is 0 Å².